The number of amides is 1. The third-order valence-electron chi connectivity index (χ3n) is 5.50. The Morgan fingerprint density at radius 2 is 1.88 bits per heavy atom. The molecule has 0 radical (unpaired) electrons. The molecule has 0 aliphatic carbocycles. The van der Waals surface area contributed by atoms with Gasteiger partial charge in [0.05, 0.1) is 23.0 Å². The van der Waals surface area contributed by atoms with Crippen molar-refractivity contribution < 1.29 is 17.9 Å². The first-order valence-electron chi connectivity index (χ1n) is 10.3. The van der Waals surface area contributed by atoms with E-state index in [0.717, 1.165) is 30.4 Å². The number of methoxy groups -OCH3 is 1. The molecule has 1 aliphatic rings. The van der Waals surface area contributed by atoms with E-state index in [9.17, 15) is 18.0 Å². The zero-order valence-corrected chi connectivity index (χ0v) is 19.5. The Hall–Kier alpha value is -2.76. The zero-order chi connectivity index (χ0) is 22.9. The summed E-state index contributed by atoms with van der Waals surface area (Å²) in [5, 5.41) is 2.15. The Kier molecular flexibility index (Phi) is 6.31. The number of nitrogens with one attached hydrogen (secondary N) is 1. The highest BCUT2D eigenvalue weighted by Crippen LogP contribution is 2.26. The number of nitrogens with zero attached hydrogens (tertiary/aromatic N) is 3. The molecule has 2 aromatic heterocycles. The minimum atomic E-state index is -3.76. The van der Waals surface area contributed by atoms with Gasteiger partial charge in [0.25, 0.3) is 11.5 Å². The first-order valence-corrected chi connectivity index (χ1v) is 12.6. The number of carbonyl (C=O) groups excluding carboxylic acids is 1. The van der Waals surface area contributed by atoms with Crippen LogP contribution in [-0.2, 0) is 10.0 Å². The minimum Gasteiger partial charge on any atom is -0.496 e. The van der Waals surface area contributed by atoms with Gasteiger partial charge in [0, 0.05) is 13.1 Å². The molecule has 0 saturated carbocycles. The lowest BCUT2D eigenvalue weighted by Gasteiger charge is -2.21. The molecule has 0 bridgehead atoms. The van der Waals surface area contributed by atoms with Crippen LogP contribution < -0.4 is 15.7 Å². The molecule has 32 heavy (non-hydrogen) atoms. The fourth-order valence-electron chi connectivity index (χ4n) is 3.76. The Balaban J connectivity index is 1.70. The number of aryl methyl sites for hydroxylation is 1. The summed E-state index contributed by atoms with van der Waals surface area (Å²) in [5.41, 5.74) is 2.14. The molecule has 1 amide bonds. The number of hydrogen-bond acceptors (Lipinski definition) is 7. The number of sulfonamides is 1. The van der Waals surface area contributed by atoms with Crippen LogP contribution in [0.3, 0.4) is 0 Å². The number of benzene rings is 1. The van der Waals surface area contributed by atoms with Gasteiger partial charge in [-0.15, -0.1) is 11.3 Å². The smallest absolute Gasteiger partial charge is 0.281 e. The Labute approximate surface area is 189 Å². The van der Waals surface area contributed by atoms with Crippen LogP contribution in [0.4, 0.5) is 0 Å². The number of ether oxygens (including phenoxy) is 1. The van der Waals surface area contributed by atoms with Crippen molar-refractivity contribution in [1.29, 1.82) is 0 Å². The lowest BCUT2D eigenvalue weighted by atomic mass is 10.2. The van der Waals surface area contributed by atoms with E-state index in [1.54, 1.807) is 18.4 Å². The van der Waals surface area contributed by atoms with E-state index in [2.05, 4.69) is 10.4 Å². The summed E-state index contributed by atoms with van der Waals surface area (Å²) in [6.07, 6.45) is 3.61. The van der Waals surface area contributed by atoms with E-state index in [1.807, 2.05) is 0 Å². The van der Waals surface area contributed by atoms with Crippen molar-refractivity contribution in [3.05, 3.63) is 51.4 Å². The van der Waals surface area contributed by atoms with Gasteiger partial charge in [-0.05, 0) is 49.4 Å². The molecule has 3 aromatic rings. The number of carbonyl (C=O) groups is 1. The summed E-state index contributed by atoms with van der Waals surface area (Å²) in [4.78, 5) is 30.8. The van der Waals surface area contributed by atoms with Gasteiger partial charge in [0.15, 0.2) is 0 Å². The van der Waals surface area contributed by atoms with Crippen molar-refractivity contribution in [1.82, 2.24) is 14.0 Å². The van der Waals surface area contributed by atoms with Gasteiger partial charge in [0.2, 0.25) is 10.0 Å². The standard InChI is InChI=1S/C21H24N4O5S2/c1-14-22-20-16(9-12-31-20)21(27)25(14)23-19(26)17-13-15(7-8-18(17)30-2)32(28,29)24-10-5-3-4-6-11-24/h7-9,12-13H,3-6,10-11H2,1-2H3,(H,23,26). The Bertz CT molecular complexity index is 1320. The maximum absolute atomic E-state index is 13.2. The van der Waals surface area contributed by atoms with Gasteiger partial charge in [-0.2, -0.15) is 4.31 Å². The summed E-state index contributed by atoms with van der Waals surface area (Å²) in [6, 6.07) is 5.83. The number of rotatable bonds is 5. The second kappa shape index (κ2) is 9.00. The topological polar surface area (TPSA) is 111 Å². The molecule has 0 atom stereocenters. The number of fused-ring (bicyclic) bond motifs is 1. The molecule has 0 spiro atoms. The maximum atomic E-state index is 13.2. The van der Waals surface area contributed by atoms with Gasteiger partial charge in [-0.25, -0.2) is 18.1 Å². The normalized spacial score (nSPS) is 15.4. The maximum Gasteiger partial charge on any atom is 0.281 e. The van der Waals surface area contributed by atoms with Crippen LogP contribution >= 0.6 is 11.3 Å². The van der Waals surface area contributed by atoms with Gasteiger partial charge in [-0.1, -0.05) is 12.8 Å². The lowest BCUT2D eigenvalue weighted by molar-refractivity contribution is 0.100. The predicted molar refractivity (Wildman–Crippen MR) is 123 cm³/mol. The third-order valence-corrected chi connectivity index (χ3v) is 8.20. The molecule has 9 nitrogen and oxygen atoms in total. The van der Waals surface area contributed by atoms with Crippen LogP contribution in [-0.4, -0.2) is 48.5 Å². The summed E-state index contributed by atoms with van der Waals surface area (Å²) in [5.74, 6) is -0.158. The van der Waals surface area contributed by atoms with Crippen molar-refractivity contribution in [2.45, 2.75) is 37.5 Å². The van der Waals surface area contributed by atoms with Crippen molar-refractivity contribution in [3.8, 4) is 5.75 Å². The summed E-state index contributed by atoms with van der Waals surface area (Å²) < 4.78 is 34.2. The lowest BCUT2D eigenvalue weighted by Crippen LogP contribution is -2.35. The van der Waals surface area contributed by atoms with Gasteiger partial charge >= 0.3 is 0 Å². The van der Waals surface area contributed by atoms with E-state index >= 15 is 0 Å². The second-order valence-electron chi connectivity index (χ2n) is 7.56. The molecule has 0 unspecified atom stereocenters. The number of hydrogen-bond donors (Lipinski definition) is 1. The first-order chi connectivity index (χ1) is 15.3. The fourth-order valence-corrected chi connectivity index (χ4v) is 6.11. The van der Waals surface area contributed by atoms with Crippen molar-refractivity contribution >= 4 is 37.5 Å². The highest BCUT2D eigenvalue weighted by atomic mass is 32.2. The first kappa shape index (κ1) is 22.4. The Morgan fingerprint density at radius 1 is 1.16 bits per heavy atom. The van der Waals surface area contributed by atoms with Crippen LogP contribution in [0.2, 0.25) is 0 Å². The number of thiophene rings is 1. The molecule has 1 saturated heterocycles. The molecule has 1 aromatic carbocycles. The molecule has 1 N–H and O–H groups in total. The molecule has 11 heteroatoms. The highest BCUT2D eigenvalue weighted by Gasteiger charge is 2.27. The summed E-state index contributed by atoms with van der Waals surface area (Å²) in [6.45, 7) is 2.52. The number of aromatic nitrogens is 2. The zero-order valence-electron chi connectivity index (χ0n) is 17.8. The van der Waals surface area contributed by atoms with E-state index in [-0.39, 0.29) is 16.2 Å². The average Bonchev–Trinajstić information content (AvgIpc) is 3.07. The van der Waals surface area contributed by atoms with E-state index < -0.39 is 21.5 Å². The van der Waals surface area contributed by atoms with Crippen LogP contribution in [0, 0.1) is 6.92 Å². The van der Waals surface area contributed by atoms with Crippen LogP contribution in [0.15, 0.2) is 39.3 Å². The van der Waals surface area contributed by atoms with Gasteiger partial charge in [-0.3, -0.25) is 15.0 Å². The Morgan fingerprint density at radius 3 is 2.56 bits per heavy atom. The summed E-state index contributed by atoms with van der Waals surface area (Å²) >= 11 is 1.34. The van der Waals surface area contributed by atoms with Gasteiger partial charge in [0.1, 0.15) is 16.4 Å². The van der Waals surface area contributed by atoms with Crippen LogP contribution in [0.5, 0.6) is 5.75 Å². The molecule has 1 aliphatic heterocycles. The SMILES string of the molecule is COc1ccc(S(=O)(=O)N2CCCCCC2)cc1C(=O)Nn1c(C)nc2sccc2c1=O. The van der Waals surface area contributed by atoms with Crippen molar-refractivity contribution in [2.75, 3.05) is 25.6 Å². The highest BCUT2D eigenvalue weighted by molar-refractivity contribution is 7.89. The summed E-state index contributed by atoms with van der Waals surface area (Å²) in [7, 11) is -2.36. The quantitative estimate of drug-likeness (QED) is 0.606. The molecule has 4 rings (SSSR count). The second-order valence-corrected chi connectivity index (χ2v) is 10.4. The van der Waals surface area contributed by atoms with E-state index in [1.165, 1.54) is 41.0 Å². The molecule has 170 valence electrons. The molecule has 1 fully saturated rings. The minimum absolute atomic E-state index is 0.0140. The predicted octanol–water partition coefficient (Wildman–Crippen LogP) is 2.72. The van der Waals surface area contributed by atoms with E-state index in [4.69, 9.17) is 4.74 Å². The molecular formula is C21H24N4O5S2. The fraction of sp³-hybridized carbons (Fsp3) is 0.381. The molecular weight excluding hydrogens is 452 g/mol. The monoisotopic (exact) mass is 476 g/mol. The van der Waals surface area contributed by atoms with Crippen molar-refractivity contribution in [3.63, 3.8) is 0 Å². The van der Waals surface area contributed by atoms with Crippen LogP contribution in [0.25, 0.3) is 10.2 Å². The van der Waals surface area contributed by atoms with Gasteiger partial charge < -0.3 is 4.74 Å². The molecule has 3 heterocycles. The third kappa shape index (κ3) is 4.15. The van der Waals surface area contributed by atoms with Crippen molar-refractivity contribution in [2.24, 2.45) is 0 Å². The van der Waals surface area contributed by atoms with Crippen LogP contribution in [0.1, 0.15) is 41.9 Å². The van der Waals surface area contributed by atoms with E-state index in [0.29, 0.717) is 29.1 Å². The largest absolute Gasteiger partial charge is 0.496 e. The average molecular weight is 477 g/mol.